The molecular formula is C12H21N3. The first-order chi connectivity index (χ1) is 7.16. The Hall–Kier alpha value is -1.09. The third kappa shape index (κ3) is 2.69. The zero-order valence-electron chi connectivity index (χ0n) is 10.1. The number of hydrogen-bond acceptors (Lipinski definition) is 3. The minimum atomic E-state index is 0.579. The Morgan fingerprint density at radius 3 is 2.60 bits per heavy atom. The van der Waals surface area contributed by atoms with Crippen LogP contribution in [0.5, 0.6) is 0 Å². The van der Waals surface area contributed by atoms with Crippen LogP contribution < -0.4 is 5.73 Å². The van der Waals surface area contributed by atoms with Gasteiger partial charge in [0.2, 0.25) is 0 Å². The number of anilines is 1. The van der Waals surface area contributed by atoms with Gasteiger partial charge < -0.3 is 5.73 Å². The number of nitrogens with zero attached hydrogens (tertiary/aromatic N) is 2. The fourth-order valence-electron chi connectivity index (χ4n) is 1.67. The second kappa shape index (κ2) is 5.12. The maximum Gasteiger partial charge on any atom is 0.0590 e. The van der Waals surface area contributed by atoms with E-state index in [1.165, 1.54) is 11.3 Å². The lowest BCUT2D eigenvalue weighted by Crippen LogP contribution is -2.24. The molecule has 0 aliphatic carbocycles. The highest BCUT2D eigenvalue weighted by Crippen LogP contribution is 2.23. The van der Waals surface area contributed by atoms with Crippen LogP contribution in [0.15, 0.2) is 12.3 Å². The molecule has 0 aromatic carbocycles. The summed E-state index contributed by atoms with van der Waals surface area (Å²) in [6.45, 7) is 10.4. The van der Waals surface area contributed by atoms with Crippen LogP contribution in [0, 0.1) is 0 Å². The molecule has 0 saturated heterocycles. The van der Waals surface area contributed by atoms with Gasteiger partial charge in [0.15, 0.2) is 0 Å². The molecule has 84 valence electrons. The third-order valence-corrected chi connectivity index (χ3v) is 2.54. The van der Waals surface area contributed by atoms with Crippen LogP contribution >= 0.6 is 0 Å². The molecule has 1 aromatic rings. The van der Waals surface area contributed by atoms with Crippen LogP contribution in [0.4, 0.5) is 5.69 Å². The second-order valence-corrected chi connectivity index (χ2v) is 3.87. The van der Waals surface area contributed by atoms with Gasteiger partial charge in [0.25, 0.3) is 0 Å². The van der Waals surface area contributed by atoms with Gasteiger partial charge in [0.05, 0.1) is 17.6 Å². The van der Waals surface area contributed by atoms with E-state index in [-0.39, 0.29) is 0 Å². The van der Waals surface area contributed by atoms with Crippen molar-refractivity contribution < 1.29 is 0 Å². The average molecular weight is 207 g/mol. The quantitative estimate of drug-likeness (QED) is 0.769. The van der Waals surface area contributed by atoms with Gasteiger partial charge >= 0.3 is 0 Å². The molecule has 2 rings (SSSR count). The summed E-state index contributed by atoms with van der Waals surface area (Å²) in [5.74, 6) is 0. The number of hydrogen-bond donors (Lipinski definition) is 1. The molecule has 0 bridgehead atoms. The molecule has 0 amide bonds. The van der Waals surface area contributed by atoms with E-state index >= 15 is 0 Å². The van der Waals surface area contributed by atoms with E-state index in [0.717, 1.165) is 18.8 Å². The van der Waals surface area contributed by atoms with Crippen molar-refractivity contribution in [3.8, 4) is 0 Å². The molecule has 0 saturated carbocycles. The molecule has 2 N–H and O–H groups in total. The predicted molar refractivity (Wildman–Crippen MR) is 64.4 cm³/mol. The van der Waals surface area contributed by atoms with Crippen molar-refractivity contribution in [2.45, 2.75) is 46.8 Å². The summed E-state index contributed by atoms with van der Waals surface area (Å²) in [5, 5.41) is 0. The van der Waals surface area contributed by atoms with Crippen LogP contribution in [0.1, 0.15) is 39.0 Å². The summed E-state index contributed by atoms with van der Waals surface area (Å²) in [6.07, 6.45) is 1.74. The monoisotopic (exact) mass is 207 g/mol. The van der Waals surface area contributed by atoms with Gasteiger partial charge in [-0.1, -0.05) is 13.8 Å². The molecule has 15 heavy (non-hydrogen) atoms. The Morgan fingerprint density at radius 1 is 1.33 bits per heavy atom. The lowest BCUT2D eigenvalue weighted by molar-refractivity contribution is 0.226. The van der Waals surface area contributed by atoms with Crippen LogP contribution in [0.25, 0.3) is 0 Å². The largest absolute Gasteiger partial charge is 0.397 e. The molecule has 3 heteroatoms. The van der Waals surface area contributed by atoms with Gasteiger partial charge in [-0.25, -0.2) is 0 Å². The summed E-state index contributed by atoms with van der Waals surface area (Å²) in [5.41, 5.74) is 8.91. The number of nitrogen functional groups attached to an aromatic ring is 1. The second-order valence-electron chi connectivity index (χ2n) is 3.87. The maximum atomic E-state index is 5.67. The number of nitrogens with two attached hydrogens (primary N) is 1. The van der Waals surface area contributed by atoms with E-state index in [2.05, 4.69) is 23.7 Å². The molecule has 0 fully saturated rings. The van der Waals surface area contributed by atoms with Crippen molar-refractivity contribution in [1.82, 2.24) is 9.88 Å². The number of rotatable bonds is 1. The van der Waals surface area contributed by atoms with E-state index in [4.69, 9.17) is 5.73 Å². The molecule has 0 atom stereocenters. The summed E-state index contributed by atoms with van der Waals surface area (Å²) in [7, 11) is 0. The third-order valence-electron chi connectivity index (χ3n) is 2.54. The molecule has 0 radical (unpaired) electrons. The fourth-order valence-corrected chi connectivity index (χ4v) is 1.67. The number of pyridine rings is 1. The zero-order valence-corrected chi connectivity index (χ0v) is 10.1. The number of aromatic nitrogens is 1. The first kappa shape index (κ1) is 12.0. The van der Waals surface area contributed by atoms with Crippen molar-refractivity contribution in [3.05, 3.63) is 23.5 Å². The van der Waals surface area contributed by atoms with Gasteiger partial charge in [-0.3, -0.25) is 9.88 Å². The topological polar surface area (TPSA) is 42.1 Å². The highest BCUT2D eigenvalue weighted by molar-refractivity contribution is 5.41. The number of fused-ring (bicyclic) bond motifs is 1. The molecule has 1 aromatic heterocycles. The summed E-state index contributed by atoms with van der Waals surface area (Å²) in [4.78, 5) is 6.71. The van der Waals surface area contributed by atoms with Crippen molar-refractivity contribution in [1.29, 1.82) is 0 Å². The van der Waals surface area contributed by atoms with Gasteiger partial charge in [0.1, 0.15) is 0 Å². The lowest BCUT2D eigenvalue weighted by atomic mass is 10.2. The van der Waals surface area contributed by atoms with E-state index in [1.807, 2.05) is 19.9 Å². The van der Waals surface area contributed by atoms with Crippen LogP contribution in [0.3, 0.4) is 0 Å². The summed E-state index contributed by atoms with van der Waals surface area (Å²) in [6, 6.07) is 2.61. The predicted octanol–water partition coefficient (Wildman–Crippen LogP) is 2.41. The van der Waals surface area contributed by atoms with Gasteiger partial charge in [0, 0.05) is 19.1 Å². The Labute approximate surface area is 92.3 Å². The Balaban J connectivity index is 0.000000531. The van der Waals surface area contributed by atoms with Crippen molar-refractivity contribution in [2.75, 3.05) is 5.73 Å². The van der Waals surface area contributed by atoms with E-state index in [1.54, 1.807) is 6.20 Å². The molecular weight excluding hydrogens is 186 g/mol. The standard InChI is InChI=1S/C10H15N3.C2H6/c1-7(2)13-5-8-3-9(11)4-12-10(8)6-13;1-2/h3-4,7H,5-6,11H2,1-2H3;1-2H3. The van der Waals surface area contributed by atoms with E-state index in [0.29, 0.717) is 6.04 Å². The highest BCUT2D eigenvalue weighted by Gasteiger charge is 2.21. The van der Waals surface area contributed by atoms with Crippen molar-refractivity contribution in [2.24, 2.45) is 0 Å². The average Bonchev–Trinajstić information content (AvgIpc) is 2.63. The fraction of sp³-hybridized carbons (Fsp3) is 0.583. The van der Waals surface area contributed by atoms with E-state index < -0.39 is 0 Å². The first-order valence-corrected chi connectivity index (χ1v) is 5.64. The molecule has 2 heterocycles. The lowest BCUT2D eigenvalue weighted by Gasteiger charge is -2.18. The Bertz CT molecular complexity index is 321. The smallest absolute Gasteiger partial charge is 0.0590 e. The normalized spacial score (nSPS) is 14.7. The van der Waals surface area contributed by atoms with Crippen LogP contribution in [-0.4, -0.2) is 15.9 Å². The molecule has 3 nitrogen and oxygen atoms in total. The Morgan fingerprint density at radius 2 is 2.00 bits per heavy atom. The molecule has 0 spiro atoms. The highest BCUT2D eigenvalue weighted by atomic mass is 15.2. The van der Waals surface area contributed by atoms with Gasteiger partial charge in [-0.05, 0) is 25.5 Å². The summed E-state index contributed by atoms with van der Waals surface area (Å²) < 4.78 is 0. The van der Waals surface area contributed by atoms with Crippen LogP contribution in [-0.2, 0) is 13.1 Å². The van der Waals surface area contributed by atoms with Crippen molar-refractivity contribution in [3.63, 3.8) is 0 Å². The van der Waals surface area contributed by atoms with Crippen LogP contribution in [0.2, 0.25) is 0 Å². The van der Waals surface area contributed by atoms with Gasteiger partial charge in [-0.2, -0.15) is 0 Å². The zero-order chi connectivity index (χ0) is 11.4. The Kier molecular flexibility index (Phi) is 4.09. The van der Waals surface area contributed by atoms with Gasteiger partial charge in [-0.15, -0.1) is 0 Å². The van der Waals surface area contributed by atoms with E-state index in [9.17, 15) is 0 Å². The molecule has 1 aliphatic rings. The first-order valence-electron chi connectivity index (χ1n) is 5.64. The maximum absolute atomic E-state index is 5.67. The molecule has 0 unspecified atom stereocenters. The molecule has 1 aliphatic heterocycles. The van der Waals surface area contributed by atoms with Crippen molar-refractivity contribution >= 4 is 5.69 Å². The SMILES string of the molecule is CC.CC(C)N1Cc2cc(N)cnc2C1. The minimum Gasteiger partial charge on any atom is -0.397 e. The minimum absolute atomic E-state index is 0.579. The summed E-state index contributed by atoms with van der Waals surface area (Å²) >= 11 is 0.